The van der Waals surface area contributed by atoms with Crippen molar-refractivity contribution in [1.82, 2.24) is 0 Å². The summed E-state index contributed by atoms with van der Waals surface area (Å²) in [7, 11) is 0. The van der Waals surface area contributed by atoms with Crippen molar-refractivity contribution in [1.29, 1.82) is 0 Å². The van der Waals surface area contributed by atoms with Crippen molar-refractivity contribution in [3.8, 4) is 5.75 Å². The summed E-state index contributed by atoms with van der Waals surface area (Å²) in [4.78, 5) is 0. The fourth-order valence-corrected chi connectivity index (χ4v) is 2.00. The van der Waals surface area contributed by atoms with Crippen LogP contribution in [0.25, 0.3) is 0 Å². The maximum Gasteiger partial charge on any atom is 0.119 e. The zero-order chi connectivity index (χ0) is 14.8. The van der Waals surface area contributed by atoms with Gasteiger partial charge in [-0.25, -0.2) is 0 Å². The van der Waals surface area contributed by atoms with Crippen LogP contribution in [-0.4, -0.2) is 24.9 Å². The minimum atomic E-state index is 0.180. The lowest BCUT2D eigenvalue weighted by Crippen LogP contribution is -2.03. The molecular formula is C18H22O3. The van der Waals surface area contributed by atoms with Crippen LogP contribution in [0.1, 0.15) is 17.5 Å². The summed E-state index contributed by atoms with van der Waals surface area (Å²) >= 11 is 0. The highest BCUT2D eigenvalue weighted by molar-refractivity contribution is 5.27. The summed E-state index contributed by atoms with van der Waals surface area (Å²) in [5.41, 5.74) is 2.31. The highest BCUT2D eigenvalue weighted by Gasteiger charge is 1.96. The van der Waals surface area contributed by atoms with Crippen molar-refractivity contribution < 1.29 is 14.6 Å². The number of hydrogen-bond donors (Lipinski definition) is 1. The Morgan fingerprint density at radius 1 is 0.810 bits per heavy atom. The molecule has 0 aromatic heterocycles. The maximum absolute atomic E-state index is 8.85. The Balaban J connectivity index is 1.57. The molecule has 1 N–H and O–H groups in total. The van der Waals surface area contributed by atoms with Crippen LogP contribution in [0.3, 0.4) is 0 Å². The first-order valence-corrected chi connectivity index (χ1v) is 7.33. The summed E-state index contributed by atoms with van der Waals surface area (Å²) in [6.45, 7) is 2.17. The van der Waals surface area contributed by atoms with Gasteiger partial charge < -0.3 is 14.6 Å². The Hall–Kier alpha value is -1.84. The van der Waals surface area contributed by atoms with Crippen LogP contribution in [-0.2, 0) is 17.8 Å². The molecular weight excluding hydrogens is 264 g/mol. The molecule has 112 valence electrons. The van der Waals surface area contributed by atoms with Gasteiger partial charge in [-0.1, -0.05) is 42.5 Å². The van der Waals surface area contributed by atoms with Gasteiger partial charge in [-0.2, -0.15) is 0 Å². The van der Waals surface area contributed by atoms with Gasteiger partial charge in [0.25, 0.3) is 0 Å². The second-order valence-corrected chi connectivity index (χ2v) is 4.86. The first-order valence-electron chi connectivity index (χ1n) is 7.33. The molecule has 0 aliphatic carbocycles. The van der Waals surface area contributed by atoms with E-state index in [1.165, 1.54) is 5.56 Å². The minimum absolute atomic E-state index is 0.180. The van der Waals surface area contributed by atoms with E-state index in [-0.39, 0.29) is 6.61 Å². The van der Waals surface area contributed by atoms with Gasteiger partial charge in [0.05, 0.1) is 19.8 Å². The molecule has 0 heterocycles. The highest BCUT2D eigenvalue weighted by Crippen LogP contribution is 2.12. The first-order chi connectivity index (χ1) is 10.4. The molecule has 0 spiro atoms. The number of aliphatic hydroxyl groups is 1. The predicted octanol–water partition coefficient (Wildman–Crippen LogP) is 3.21. The van der Waals surface area contributed by atoms with Gasteiger partial charge >= 0.3 is 0 Å². The van der Waals surface area contributed by atoms with Crippen molar-refractivity contribution >= 4 is 0 Å². The number of hydrogen-bond acceptors (Lipinski definition) is 3. The van der Waals surface area contributed by atoms with E-state index in [1.807, 2.05) is 42.5 Å². The molecule has 0 amide bonds. The first kappa shape index (κ1) is 15.5. The van der Waals surface area contributed by atoms with Crippen LogP contribution in [0.5, 0.6) is 5.75 Å². The SMILES string of the molecule is OCCc1ccc(OCCCOCc2ccccc2)cc1. The lowest BCUT2D eigenvalue weighted by molar-refractivity contribution is 0.107. The van der Waals surface area contributed by atoms with Gasteiger partial charge in [0.1, 0.15) is 5.75 Å². The van der Waals surface area contributed by atoms with E-state index >= 15 is 0 Å². The van der Waals surface area contributed by atoms with Crippen molar-refractivity contribution in [3.63, 3.8) is 0 Å². The van der Waals surface area contributed by atoms with Crippen LogP contribution in [0.15, 0.2) is 54.6 Å². The third-order valence-corrected chi connectivity index (χ3v) is 3.14. The van der Waals surface area contributed by atoms with Gasteiger partial charge in [-0.3, -0.25) is 0 Å². The molecule has 0 aliphatic rings. The Labute approximate surface area is 126 Å². The monoisotopic (exact) mass is 286 g/mol. The lowest BCUT2D eigenvalue weighted by atomic mass is 10.1. The van der Waals surface area contributed by atoms with Gasteiger partial charge in [-0.15, -0.1) is 0 Å². The highest BCUT2D eigenvalue weighted by atomic mass is 16.5. The Morgan fingerprint density at radius 2 is 1.57 bits per heavy atom. The van der Waals surface area contributed by atoms with Gasteiger partial charge in [0.2, 0.25) is 0 Å². The molecule has 2 rings (SSSR count). The Kier molecular flexibility index (Phi) is 6.78. The average molecular weight is 286 g/mol. The molecule has 21 heavy (non-hydrogen) atoms. The summed E-state index contributed by atoms with van der Waals surface area (Å²) < 4.78 is 11.2. The van der Waals surface area contributed by atoms with Gasteiger partial charge in [0.15, 0.2) is 0 Å². The van der Waals surface area contributed by atoms with Gasteiger partial charge in [-0.05, 0) is 29.7 Å². The molecule has 0 bridgehead atoms. The van der Waals surface area contributed by atoms with Crippen LogP contribution in [0.2, 0.25) is 0 Å². The number of ether oxygens (including phenoxy) is 2. The molecule has 3 nitrogen and oxygen atoms in total. The quantitative estimate of drug-likeness (QED) is 0.719. The zero-order valence-electron chi connectivity index (χ0n) is 12.2. The summed E-state index contributed by atoms with van der Waals surface area (Å²) in [5, 5.41) is 8.85. The molecule has 0 fully saturated rings. The largest absolute Gasteiger partial charge is 0.494 e. The summed E-state index contributed by atoms with van der Waals surface area (Å²) in [6.07, 6.45) is 1.55. The maximum atomic E-state index is 8.85. The fourth-order valence-electron chi connectivity index (χ4n) is 2.00. The van der Waals surface area contributed by atoms with Gasteiger partial charge in [0, 0.05) is 13.0 Å². The summed E-state index contributed by atoms with van der Waals surface area (Å²) in [6, 6.07) is 18.0. The van der Waals surface area contributed by atoms with Crippen molar-refractivity contribution in [3.05, 3.63) is 65.7 Å². The second-order valence-electron chi connectivity index (χ2n) is 4.86. The van der Waals surface area contributed by atoms with Crippen LogP contribution in [0.4, 0.5) is 0 Å². The van der Waals surface area contributed by atoms with Crippen LogP contribution < -0.4 is 4.74 Å². The molecule has 0 atom stereocenters. The normalized spacial score (nSPS) is 10.5. The molecule has 0 saturated heterocycles. The molecule has 2 aromatic rings. The number of rotatable bonds is 9. The zero-order valence-corrected chi connectivity index (χ0v) is 12.2. The Bertz CT molecular complexity index is 494. The average Bonchev–Trinajstić information content (AvgIpc) is 2.53. The van der Waals surface area contributed by atoms with Crippen molar-refractivity contribution in [2.24, 2.45) is 0 Å². The van der Waals surface area contributed by atoms with Crippen molar-refractivity contribution in [2.75, 3.05) is 19.8 Å². The van der Waals surface area contributed by atoms with Crippen LogP contribution in [0, 0.1) is 0 Å². The Morgan fingerprint density at radius 3 is 2.29 bits per heavy atom. The third-order valence-electron chi connectivity index (χ3n) is 3.14. The molecule has 0 aliphatic heterocycles. The predicted molar refractivity (Wildman–Crippen MR) is 83.4 cm³/mol. The molecule has 0 radical (unpaired) electrons. The van der Waals surface area contributed by atoms with E-state index in [0.29, 0.717) is 26.2 Å². The van der Waals surface area contributed by atoms with E-state index in [1.54, 1.807) is 0 Å². The topological polar surface area (TPSA) is 38.7 Å². The lowest BCUT2D eigenvalue weighted by Gasteiger charge is -2.08. The standard InChI is InChI=1S/C18H22O3/c19-12-11-16-7-9-18(10-8-16)21-14-4-13-20-15-17-5-2-1-3-6-17/h1-3,5-10,19H,4,11-15H2. The molecule has 3 heteroatoms. The fraction of sp³-hybridized carbons (Fsp3) is 0.333. The van der Waals surface area contributed by atoms with Crippen LogP contribution >= 0.6 is 0 Å². The molecule has 0 saturated carbocycles. The van der Waals surface area contributed by atoms with E-state index in [4.69, 9.17) is 14.6 Å². The van der Waals surface area contributed by atoms with E-state index in [9.17, 15) is 0 Å². The van der Waals surface area contributed by atoms with E-state index in [0.717, 1.165) is 17.7 Å². The second kappa shape index (κ2) is 9.16. The summed E-state index contributed by atoms with van der Waals surface area (Å²) in [5.74, 6) is 0.861. The third kappa shape index (κ3) is 5.98. The smallest absolute Gasteiger partial charge is 0.119 e. The number of aliphatic hydroxyl groups excluding tert-OH is 1. The van der Waals surface area contributed by atoms with Crippen molar-refractivity contribution in [2.45, 2.75) is 19.4 Å². The van der Waals surface area contributed by atoms with E-state index < -0.39 is 0 Å². The minimum Gasteiger partial charge on any atom is -0.494 e. The molecule has 0 unspecified atom stereocenters. The number of benzene rings is 2. The molecule has 2 aromatic carbocycles. The van der Waals surface area contributed by atoms with E-state index in [2.05, 4.69) is 12.1 Å².